The fourth-order valence-electron chi connectivity index (χ4n) is 3.24. The Balaban J connectivity index is 1.27. The summed E-state index contributed by atoms with van der Waals surface area (Å²) >= 11 is 0. The van der Waals surface area contributed by atoms with Crippen LogP contribution in [0.5, 0.6) is 5.75 Å². The highest BCUT2D eigenvalue weighted by molar-refractivity contribution is 5.95. The van der Waals surface area contributed by atoms with Crippen LogP contribution in [0.1, 0.15) is 15.9 Å². The fourth-order valence-corrected chi connectivity index (χ4v) is 3.24. The molecule has 1 N–H and O–H groups in total. The van der Waals surface area contributed by atoms with Crippen molar-refractivity contribution in [2.75, 3.05) is 32.9 Å². The maximum atomic E-state index is 12.4. The summed E-state index contributed by atoms with van der Waals surface area (Å²) in [5, 5.41) is 4.03. The average Bonchev–Trinajstić information content (AvgIpc) is 3.39. The highest BCUT2D eigenvalue weighted by Crippen LogP contribution is 2.13. The summed E-state index contributed by atoms with van der Waals surface area (Å²) in [5.74, 6) is 0.244. The molecule has 0 unspecified atom stereocenters. The van der Waals surface area contributed by atoms with Gasteiger partial charge in [0.1, 0.15) is 5.75 Å². The Kier molecular flexibility index (Phi) is 6.94. The van der Waals surface area contributed by atoms with E-state index in [4.69, 9.17) is 9.47 Å². The standard InChI is InChI=1S/C24H24N4O4/c29-23(28-12-14-31-15-13-28)18-32-22-8-6-19(7-9-22)17-25-26-24(30)20-4-3-5-21(16-20)27-10-1-2-11-27/h1-11,16-17H,12-15,18H2,(H,26,30)/b25-17+. The van der Waals surface area contributed by atoms with E-state index in [0.717, 1.165) is 11.3 Å². The van der Waals surface area contributed by atoms with Crippen molar-refractivity contribution in [1.82, 2.24) is 14.9 Å². The van der Waals surface area contributed by atoms with Gasteiger partial charge in [-0.3, -0.25) is 9.59 Å². The zero-order valence-electron chi connectivity index (χ0n) is 17.5. The molecule has 1 aliphatic heterocycles. The van der Waals surface area contributed by atoms with E-state index in [9.17, 15) is 9.59 Å². The Morgan fingerprint density at radius 2 is 1.78 bits per heavy atom. The molecule has 164 valence electrons. The largest absolute Gasteiger partial charge is 0.484 e. The summed E-state index contributed by atoms with van der Waals surface area (Å²) in [6.45, 7) is 2.31. The van der Waals surface area contributed by atoms with Gasteiger partial charge in [-0.2, -0.15) is 5.10 Å². The van der Waals surface area contributed by atoms with Gasteiger partial charge in [0.25, 0.3) is 11.8 Å². The number of rotatable bonds is 7. The van der Waals surface area contributed by atoms with Crippen LogP contribution in [0.3, 0.4) is 0 Å². The number of ether oxygens (including phenoxy) is 2. The number of amides is 2. The SMILES string of the molecule is O=C(N/N=C/c1ccc(OCC(=O)N2CCOCC2)cc1)c1cccc(-n2cccc2)c1. The molecule has 2 aromatic carbocycles. The lowest BCUT2D eigenvalue weighted by Crippen LogP contribution is -2.42. The molecule has 4 rings (SSSR count). The fraction of sp³-hybridized carbons (Fsp3) is 0.208. The van der Waals surface area contributed by atoms with Crippen LogP contribution >= 0.6 is 0 Å². The number of aromatic nitrogens is 1. The molecule has 8 heteroatoms. The molecule has 0 aliphatic carbocycles. The van der Waals surface area contributed by atoms with E-state index < -0.39 is 0 Å². The van der Waals surface area contributed by atoms with Gasteiger partial charge in [-0.25, -0.2) is 5.43 Å². The molecule has 2 amide bonds. The molecule has 0 spiro atoms. The monoisotopic (exact) mass is 432 g/mol. The topological polar surface area (TPSA) is 85.2 Å². The number of benzene rings is 2. The van der Waals surface area contributed by atoms with Crippen molar-refractivity contribution < 1.29 is 19.1 Å². The normalized spacial score (nSPS) is 13.8. The van der Waals surface area contributed by atoms with Crippen LogP contribution in [0.2, 0.25) is 0 Å². The van der Waals surface area contributed by atoms with Crippen molar-refractivity contribution in [2.24, 2.45) is 5.10 Å². The molecule has 0 saturated carbocycles. The van der Waals surface area contributed by atoms with Crippen LogP contribution in [-0.2, 0) is 9.53 Å². The Labute approximate surface area is 186 Å². The maximum Gasteiger partial charge on any atom is 0.271 e. The number of hydrogen-bond acceptors (Lipinski definition) is 5. The first-order valence-electron chi connectivity index (χ1n) is 10.3. The van der Waals surface area contributed by atoms with E-state index in [1.807, 2.05) is 41.2 Å². The molecule has 1 aliphatic rings. The summed E-state index contributed by atoms with van der Waals surface area (Å²) in [7, 11) is 0. The molecule has 2 heterocycles. The third kappa shape index (κ3) is 5.61. The Bertz CT molecular complexity index is 1070. The van der Waals surface area contributed by atoms with E-state index in [1.54, 1.807) is 47.5 Å². The molecule has 0 bridgehead atoms. The molecular formula is C24H24N4O4. The second kappa shape index (κ2) is 10.4. The summed E-state index contributed by atoms with van der Waals surface area (Å²) in [4.78, 5) is 26.3. The third-order valence-electron chi connectivity index (χ3n) is 5.00. The van der Waals surface area contributed by atoms with Crippen molar-refractivity contribution in [1.29, 1.82) is 0 Å². The van der Waals surface area contributed by atoms with Crippen LogP contribution < -0.4 is 10.2 Å². The van der Waals surface area contributed by atoms with Gasteiger partial charge in [0.15, 0.2) is 6.61 Å². The number of morpholine rings is 1. The number of nitrogens with one attached hydrogen (secondary N) is 1. The average molecular weight is 432 g/mol. The predicted molar refractivity (Wildman–Crippen MR) is 120 cm³/mol. The van der Waals surface area contributed by atoms with E-state index in [1.165, 1.54) is 0 Å². The number of carbonyl (C=O) groups excluding carboxylic acids is 2. The van der Waals surface area contributed by atoms with Crippen LogP contribution in [0.4, 0.5) is 0 Å². The summed E-state index contributed by atoms with van der Waals surface area (Å²) in [5.41, 5.74) is 4.74. The smallest absolute Gasteiger partial charge is 0.271 e. The van der Waals surface area contributed by atoms with Gasteiger partial charge >= 0.3 is 0 Å². The highest BCUT2D eigenvalue weighted by Gasteiger charge is 2.17. The van der Waals surface area contributed by atoms with E-state index in [2.05, 4.69) is 10.5 Å². The minimum atomic E-state index is -0.295. The zero-order chi connectivity index (χ0) is 22.2. The first kappa shape index (κ1) is 21.3. The Morgan fingerprint density at radius 1 is 1.03 bits per heavy atom. The first-order valence-corrected chi connectivity index (χ1v) is 10.3. The van der Waals surface area contributed by atoms with Crippen LogP contribution in [-0.4, -0.2) is 60.4 Å². The second-order valence-electron chi connectivity index (χ2n) is 7.19. The van der Waals surface area contributed by atoms with Gasteiger partial charge in [-0.05, 0) is 60.2 Å². The van der Waals surface area contributed by atoms with Crippen molar-refractivity contribution in [2.45, 2.75) is 0 Å². The lowest BCUT2D eigenvalue weighted by Gasteiger charge is -2.26. The van der Waals surface area contributed by atoms with Crippen molar-refractivity contribution in [3.8, 4) is 11.4 Å². The van der Waals surface area contributed by atoms with E-state index in [0.29, 0.717) is 37.6 Å². The highest BCUT2D eigenvalue weighted by atomic mass is 16.5. The minimum absolute atomic E-state index is 0.00836. The molecule has 3 aromatic rings. The minimum Gasteiger partial charge on any atom is -0.484 e. The summed E-state index contributed by atoms with van der Waals surface area (Å²) < 4.78 is 12.7. The van der Waals surface area contributed by atoms with Crippen LogP contribution in [0, 0.1) is 0 Å². The number of hydrogen-bond donors (Lipinski definition) is 1. The van der Waals surface area contributed by atoms with Gasteiger partial charge in [0, 0.05) is 36.7 Å². The van der Waals surface area contributed by atoms with Gasteiger partial charge in [0.05, 0.1) is 19.4 Å². The number of hydrazone groups is 1. The van der Waals surface area contributed by atoms with Gasteiger partial charge < -0.3 is 18.9 Å². The quantitative estimate of drug-likeness (QED) is 0.459. The third-order valence-corrected chi connectivity index (χ3v) is 5.00. The Hall–Kier alpha value is -3.91. The van der Waals surface area contributed by atoms with Crippen LogP contribution in [0.25, 0.3) is 5.69 Å². The molecule has 1 saturated heterocycles. The molecule has 1 aromatic heterocycles. The summed E-state index contributed by atoms with van der Waals surface area (Å²) in [6, 6.07) is 18.3. The van der Waals surface area contributed by atoms with Crippen molar-refractivity contribution in [3.63, 3.8) is 0 Å². The number of carbonyl (C=O) groups is 2. The number of nitrogens with zero attached hydrogens (tertiary/aromatic N) is 3. The Morgan fingerprint density at radius 3 is 2.53 bits per heavy atom. The first-order chi connectivity index (χ1) is 15.7. The molecule has 0 radical (unpaired) electrons. The second-order valence-corrected chi connectivity index (χ2v) is 7.19. The van der Waals surface area contributed by atoms with Gasteiger partial charge in [-0.1, -0.05) is 6.07 Å². The predicted octanol–water partition coefficient (Wildman–Crippen LogP) is 2.48. The maximum absolute atomic E-state index is 12.4. The molecule has 8 nitrogen and oxygen atoms in total. The molecule has 32 heavy (non-hydrogen) atoms. The lowest BCUT2D eigenvalue weighted by molar-refractivity contribution is -0.137. The molecule has 0 atom stereocenters. The van der Waals surface area contributed by atoms with Crippen LogP contribution in [0.15, 0.2) is 78.2 Å². The molecular weight excluding hydrogens is 408 g/mol. The van der Waals surface area contributed by atoms with Crippen molar-refractivity contribution >= 4 is 18.0 Å². The zero-order valence-corrected chi connectivity index (χ0v) is 17.5. The molecule has 1 fully saturated rings. The van der Waals surface area contributed by atoms with E-state index >= 15 is 0 Å². The van der Waals surface area contributed by atoms with Gasteiger partial charge in [-0.15, -0.1) is 0 Å². The van der Waals surface area contributed by atoms with Crippen molar-refractivity contribution in [3.05, 3.63) is 84.2 Å². The van der Waals surface area contributed by atoms with Gasteiger partial charge in [0.2, 0.25) is 0 Å². The lowest BCUT2D eigenvalue weighted by atomic mass is 10.2. The summed E-state index contributed by atoms with van der Waals surface area (Å²) in [6.07, 6.45) is 5.39. The van der Waals surface area contributed by atoms with E-state index in [-0.39, 0.29) is 18.4 Å².